The zero-order valence-corrected chi connectivity index (χ0v) is 6.39. The molecule has 0 bridgehead atoms. The van der Waals surface area contributed by atoms with E-state index in [1.54, 1.807) is 0 Å². The van der Waals surface area contributed by atoms with Crippen LogP contribution in [-0.2, 0) is 0 Å². The summed E-state index contributed by atoms with van der Waals surface area (Å²) in [6, 6.07) is 0. The normalized spacial score (nSPS) is 10.7. The third-order valence-electron chi connectivity index (χ3n) is 0.987. The van der Waals surface area contributed by atoms with Crippen molar-refractivity contribution in [3.05, 3.63) is 0 Å². The highest BCUT2D eigenvalue weighted by Gasteiger charge is 2.03. The highest BCUT2D eigenvalue weighted by atomic mass is 19.0. The number of hydrogen-bond donors (Lipinski definition) is 1. The lowest BCUT2D eigenvalue weighted by molar-refractivity contribution is -0.870. The molecular weight excluding hydrogens is 121 g/mol. The van der Waals surface area contributed by atoms with Gasteiger partial charge in [0.25, 0.3) is 0 Å². The van der Waals surface area contributed by atoms with Crippen LogP contribution in [0.3, 0.4) is 0 Å². The van der Waals surface area contributed by atoms with Crippen LogP contribution in [0.5, 0.6) is 0 Å². The van der Waals surface area contributed by atoms with E-state index in [-0.39, 0.29) is 4.70 Å². The number of rotatable bonds is 3. The lowest BCUT2D eigenvalue weighted by atomic mass is 10.4. The first-order valence-electron chi connectivity index (χ1n) is 2.97. The number of hydrogen-bond acceptors (Lipinski definition) is 1. The highest BCUT2D eigenvalue weighted by molar-refractivity contribution is 4.28. The standard InChI is InChI=1S/C6H16NO.FH/c1-7(2,3)5-4-6-8;/h8H,4-6H2,1-3H3;1H/q+1;/p-1. The van der Waals surface area contributed by atoms with Crippen LogP contribution in [0.15, 0.2) is 0 Å². The molecule has 0 atom stereocenters. The molecule has 0 aromatic carbocycles. The van der Waals surface area contributed by atoms with E-state index in [0.29, 0.717) is 6.61 Å². The average molecular weight is 137 g/mol. The highest BCUT2D eigenvalue weighted by Crippen LogP contribution is 1.90. The van der Waals surface area contributed by atoms with Gasteiger partial charge in [0.05, 0.1) is 27.7 Å². The summed E-state index contributed by atoms with van der Waals surface area (Å²) in [6.07, 6.45) is 0.906. The van der Waals surface area contributed by atoms with Crippen LogP contribution < -0.4 is 4.70 Å². The van der Waals surface area contributed by atoms with Crippen LogP contribution in [-0.4, -0.2) is 43.9 Å². The Kier molecular flexibility index (Phi) is 6.07. The Labute approximate surface area is 56.1 Å². The van der Waals surface area contributed by atoms with Crippen molar-refractivity contribution in [1.82, 2.24) is 0 Å². The van der Waals surface area contributed by atoms with E-state index in [2.05, 4.69) is 21.1 Å². The van der Waals surface area contributed by atoms with Gasteiger partial charge in [0.2, 0.25) is 0 Å². The number of aliphatic hydroxyl groups is 1. The predicted octanol–water partition coefficient (Wildman–Crippen LogP) is -2.92. The molecule has 0 heterocycles. The molecule has 0 saturated carbocycles. The van der Waals surface area contributed by atoms with Gasteiger partial charge in [-0.1, -0.05) is 0 Å². The lowest BCUT2D eigenvalue weighted by Gasteiger charge is -2.22. The molecule has 0 aromatic rings. The Bertz CT molecular complexity index is 60.6. The maximum atomic E-state index is 8.42. The van der Waals surface area contributed by atoms with Crippen molar-refractivity contribution in [3.63, 3.8) is 0 Å². The molecule has 0 unspecified atom stereocenters. The molecule has 0 spiro atoms. The topological polar surface area (TPSA) is 20.2 Å². The van der Waals surface area contributed by atoms with Gasteiger partial charge in [-0.05, 0) is 0 Å². The average Bonchev–Trinajstić information content (AvgIpc) is 1.59. The fourth-order valence-electron chi connectivity index (χ4n) is 0.545. The molecule has 9 heavy (non-hydrogen) atoms. The van der Waals surface area contributed by atoms with Gasteiger partial charge in [-0.3, -0.25) is 0 Å². The molecule has 0 rings (SSSR count). The van der Waals surface area contributed by atoms with Gasteiger partial charge in [0.1, 0.15) is 0 Å². The number of aliphatic hydroxyl groups excluding tert-OH is 1. The number of nitrogens with zero attached hydrogens (tertiary/aromatic N) is 1. The second kappa shape index (κ2) is 4.70. The number of halogens is 1. The van der Waals surface area contributed by atoms with E-state index >= 15 is 0 Å². The van der Waals surface area contributed by atoms with Crippen LogP contribution in [0.25, 0.3) is 0 Å². The van der Waals surface area contributed by atoms with Crippen LogP contribution >= 0.6 is 0 Å². The molecule has 0 amide bonds. The van der Waals surface area contributed by atoms with Crippen molar-refractivity contribution >= 4 is 0 Å². The Morgan fingerprint density at radius 3 is 1.78 bits per heavy atom. The first kappa shape index (κ1) is 11.6. The van der Waals surface area contributed by atoms with E-state index < -0.39 is 0 Å². The molecule has 0 aliphatic rings. The van der Waals surface area contributed by atoms with Gasteiger partial charge >= 0.3 is 0 Å². The quantitative estimate of drug-likeness (QED) is 0.413. The molecule has 0 saturated heterocycles. The van der Waals surface area contributed by atoms with Crippen LogP contribution in [0.1, 0.15) is 6.42 Å². The summed E-state index contributed by atoms with van der Waals surface area (Å²) >= 11 is 0. The largest absolute Gasteiger partial charge is 1.00 e. The van der Waals surface area contributed by atoms with Crippen molar-refractivity contribution in [2.45, 2.75) is 6.42 Å². The van der Waals surface area contributed by atoms with Gasteiger partial charge in [0, 0.05) is 13.0 Å². The molecule has 1 N–H and O–H groups in total. The maximum Gasteiger partial charge on any atom is 0.0802 e. The Balaban J connectivity index is 0. The maximum absolute atomic E-state index is 8.42. The predicted molar refractivity (Wildman–Crippen MR) is 34.6 cm³/mol. The monoisotopic (exact) mass is 137 g/mol. The van der Waals surface area contributed by atoms with Gasteiger partial charge in [-0.25, -0.2) is 0 Å². The molecule has 0 aromatic heterocycles. The second-order valence-electron chi connectivity index (χ2n) is 3.09. The van der Waals surface area contributed by atoms with E-state index in [1.165, 1.54) is 0 Å². The SMILES string of the molecule is C[N+](C)(C)CCCO.[F-]. The third-order valence-corrected chi connectivity index (χ3v) is 0.987. The van der Waals surface area contributed by atoms with Crippen molar-refractivity contribution in [3.8, 4) is 0 Å². The molecule has 58 valence electrons. The van der Waals surface area contributed by atoms with Gasteiger partial charge < -0.3 is 14.3 Å². The number of quaternary nitrogens is 1. The van der Waals surface area contributed by atoms with Crippen LogP contribution in [0.2, 0.25) is 0 Å². The minimum Gasteiger partial charge on any atom is -1.00 e. The zero-order chi connectivity index (χ0) is 6.62. The van der Waals surface area contributed by atoms with Crippen LogP contribution in [0, 0.1) is 0 Å². The summed E-state index contributed by atoms with van der Waals surface area (Å²) < 4.78 is 0.945. The van der Waals surface area contributed by atoms with E-state index in [1.807, 2.05) is 0 Å². The van der Waals surface area contributed by atoms with Crippen LogP contribution in [0.4, 0.5) is 0 Å². The summed E-state index contributed by atoms with van der Waals surface area (Å²) in [7, 11) is 6.36. The van der Waals surface area contributed by atoms with Gasteiger partial charge in [-0.2, -0.15) is 0 Å². The van der Waals surface area contributed by atoms with E-state index in [9.17, 15) is 0 Å². The van der Waals surface area contributed by atoms with Crippen molar-refractivity contribution < 1.29 is 14.3 Å². The Hall–Kier alpha value is -0.150. The summed E-state index contributed by atoms with van der Waals surface area (Å²) in [6.45, 7) is 1.37. The van der Waals surface area contributed by atoms with Gasteiger partial charge in [0.15, 0.2) is 0 Å². The van der Waals surface area contributed by atoms with Crippen molar-refractivity contribution in [2.24, 2.45) is 0 Å². The summed E-state index contributed by atoms with van der Waals surface area (Å²) in [5, 5.41) is 8.42. The zero-order valence-electron chi connectivity index (χ0n) is 6.39. The smallest absolute Gasteiger partial charge is 0.0802 e. The fraction of sp³-hybridized carbons (Fsp3) is 1.00. The van der Waals surface area contributed by atoms with E-state index in [0.717, 1.165) is 17.4 Å². The Morgan fingerprint density at radius 2 is 1.67 bits per heavy atom. The fourth-order valence-corrected chi connectivity index (χ4v) is 0.545. The minimum absolute atomic E-state index is 0. The van der Waals surface area contributed by atoms with Gasteiger partial charge in [-0.15, -0.1) is 0 Å². The first-order chi connectivity index (χ1) is 3.56. The summed E-state index contributed by atoms with van der Waals surface area (Å²) in [5.41, 5.74) is 0. The molecule has 0 radical (unpaired) electrons. The molecular formula is C6H16FNO. The molecule has 0 fully saturated rings. The molecule has 0 aliphatic heterocycles. The van der Waals surface area contributed by atoms with Crippen molar-refractivity contribution in [1.29, 1.82) is 0 Å². The summed E-state index contributed by atoms with van der Waals surface area (Å²) in [4.78, 5) is 0. The minimum atomic E-state index is 0. The summed E-state index contributed by atoms with van der Waals surface area (Å²) in [5.74, 6) is 0. The lowest BCUT2D eigenvalue weighted by Crippen LogP contribution is -3.00. The van der Waals surface area contributed by atoms with E-state index in [4.69, 9.17) is 5.11 Å². The Morgan fingerprint density at radius 1 is 1.22 bits per heavy atom. The molecule has 2 nitrogen and oxygen atoms in total. The molecule has 0 aliphatic carbocycles. The molecule has 3 heteroatoms. The first-order valence-corrected chi connectivity index (χ1v) is 2.97. The second-order valence-corrected chi connectivity index (χ2v) is 3.09. The third kappa shape index (κ3) is 11.4. The van der Waals surface area contributed by atoms with Crippen molar-refractivity contribution in [2.75, 3.05) is 34.3 Å².